The molecule has 0 aromatic heterocycles. The first kappa shape index (κ1) is 29.6. The Labute approximate surface area is 240 Å². The van der Waals surface area contributed by atoms with Gasteiger partial charge in [-0.3, -0.25) is 9.59 Å². The van der Waals surface area contributed by atoms with Gasteiger partial charge in [-0.25, -0.2) is 4.90 Å². The number of hydrogen-bond donors (Lipinski definition) is 5. The first-order valence-corrected chi connectivity index (χ1v) is 14.0. The van der Waals surface area contributed by atoms with Gasteiger partial charge < -0.3 is 44.6 Å². The number of fused-ring (bicyclic) bond motifs is 5. The van der Waals surface area contributed by atoms with Crippen molar-refractivity contribution in [1.82, 2.24) is 0 Å². The van der Waals surface area contributed by atoms with E-state index in [2.05, 4.69) is 0 Å². The van der Waals surface area contributed by atoms with E-state index in [9.17, 15) is 35.1 Å². The third kappa shape index (κ3) is 4.64. The second-order valence-electron chi connectivity index (χ2n) is 10.4. The van der Waals surface area contributed by atoms with Crippen LogP contribution < -0.4 is 9.80 Å². The molecule has 0 saturated carbocycles. The van der Waals surface area contributed by atoms with Crippen molar-refractivity contribution in [2.24, 2.45) is 11.8 Å². The van der Waals surface area contributed by atoms with Gasteiger partial charge in [0.25, 0.3) is 0 Å². The highest BCUT2D eigenvalue weighted by Gasteiger charge is 2.74. The summed E-state index contributed by atoms with van der Waals surface area (Å²) in [6.07, 6.45) is -4.44. The normalized spacial score (nSPS) is 38.4. The number of alkyl halides is 2. The number of anilines is 2. The Morgan fingerprint density at radius 2 is 1.50 bits per heavy atom. The molecular weight excluding hydrogens is 571 g/mol. The number of halogens is 2. The lowest BCUT2D eigenvalue weighted by Gasteiger charge is -2.40. The summed E-state index contributed by atoms with van der Waals surface area (Å²) in [5.74, 6) is -2.36. The van der Waals surface area contributed by atoms with Gasteiger partial charge in [0.15, 0.2) is 6.29 Å². The van der Waals surface area contributed by atoms with E-state index < -0.39 is 78.8 Å². The molecule has 4 aliphatic rings. The summed E-state index contributed by atoms with van der Waals surface area (Å²) in [6, 6.07) is 6.85. The third-order valence-electron chi connectivity index (χ3n) is 8.14. The highest BCUT2D eigenvalue weighted by atomic mass is 35.5. The third-order valence-corrected chi connectivity index (χ3v) is 8.48. The molecule has 2 amide bonds. The van der Waals surface area contributed by atoms with Gasteiger partial charge in [0.1, 0.15) is 35.6 Å². The number of hydrogen-bond acceptors (Lipinski definition) is 11. The van der Waals surface area contributed by atoms with Crippen LogP contribution in [0.15, 0.2) is 36.4 Å². The molecule has 12 nitrogen and oxygen atoms in total. The molecule has 0 aliphatic carbocycles. The molecule has 220 valence electrons. The zero-order valence-corrected chi connectivity index (χ0v) is 22.9. The maximum Gasteiger partial charge on any atom is 0.241 e. The minimum Gasteiger partial charge on any atom is -0.394 e. The number of rotatable bonds is 11. The summed E-state index contributed by atoms with van der Waals surface area (Å²) in [5, 5.41) is 50.2. The highest BCUT2D eigenvalue weighted by Crippen LogP contribution is 2.58. The fourth-order valence-corrected chi connectivity index (χ4v) is 6.51. The summed E-state index contributed by atoms with van der Waals surface area (Å²) in [7, 11) is 0. The molecule has 3 fully saturated rings. The number of carbonyl (C=O) groups is 2. The number of aliphatic hydroxyl groups excluding tert-OH is 5. The van der Waals surface area contributed by atoms with E-state index in [0.29, 0.717) is 30.5 Å². The first-order chi connectivity index (χ1) is 19.2. The maximum absolute atomic E-state index is 13.8. The van der Waals surface area contributed by atoms with Gasteiger partial charge in [-0.2, -0.15) is 0 Å². The van der Waals surface area contributed by atoms with Crippen LogP contribution in [0, 0.1) is 11.8 Å². The van der Waals surface area contributed by atoms with Gasteiger partial charge >= 0.3 is 0 Å². The molecule has 9 atom stereocenters. The molecule has 4 aliphatic heterocycles. The molecule has 3 saturated heterocycles. The van der Waals surface area contributed by atoms with E-state index in [0.717, 1.165) is 10.6 Å². The number of nitrogens with zero attached hydrogens (tertiary/aromatic N) is 2. The van der Waals surface area contributed by atoms with Gasteiger partial charge in [-0.15, -0.1) is 23.2 Å². The van der Waals surface area contributed by atoms with Crippen LogP contribution >= 0.6 is 23.2 Å². The smallest absolute Gasteiger partial charge is 0.241 e. The van der Waals surface area contributed by atoms with Crippen molar-refractivity contribution in [3.05, 3.63) is 36.4 Å². The molecule has 0 spiro atoms. The number of benzene rings is 1. The fourth-order valence-electron chi connectivity index (χ4n) is 6.10. The monoisotopic (exact) mass is 602 g/mol. The number of imide groups is 1. The van der Waals surface area contributed by atoms with Crippen LogP contribution in [0.2, 0.25) is 0 Å². The van der Waals surface area contributed by atoms with Crippen LogP contribution in [0.1, 0.15) is 0 Å². The van der Waals surface area contributed by atoms with Crippen LogP contribution in [-0.4, -0.2) is 124 Å². The molecule has 5 N–H and O–H groups in total. The van der Waals surface area contributed by atoms with Gasteiger partial charge in [0.05, 0.1) is 37.3 Å². The predicted octanol–water partition coefficient (Wildman–Crippen LogP) is -1.04. The van der Waals surface area contributed by atoms with Crippen molar-refractivity contribution in [1.29, 1.82) is 0 Å². The predicted molar refractivity (Wildman–Crippen MR) is 142 cm³/mol. The van der Waals surface area contributed by atoms with Crippen LogP contribution in [0.4, 0.5) is 11.4 Å². The van der Waals surface area contributed by atoms with Crippen molar-refractivity contribution < 1.29 is 49.3 Å². The lowest BCUT2D eigenvalue weighted by atomic mass is 9.72. The average Bonchev–Trinajstić information content (AvgIpc) is 3.58. The molecule has 4 heterocycles. The van der Waals surface area contributed by atoms with Gasteiger partial charge in [-0.1, -0.05) is 12.2 Å². The second kappa shape index (κ2) is 11.4. The topological polar surface area (TPSA) is 169 Å². The van der Waals surface area contributed by atoms with Crippen LogP contribution in [0.3, 0.4) is 0 Å². The Hall–Kier alpha value is -1.84. The molecule has 0 radical (unpaired) electrons. The zero-order valence-electron chi connectivity index (χ0n) is 21.4. The first-order valence-electron chi connectivity index (χ1n) is 12.9. The SMILES string of the molecule is O=C1C2C(C(=O)N1c1ccc(N(CCCl)CCCl)cc1)C1(CO[C@@H]3OC(CO)[C@H](O)[C@H](O)C3O)C=CC2(CO)O1. The quantitative estimate of drug-likeness (QED) is 0.119. The van der Waals surface area contributed by atoms with E-state index in [4.69, 9.17) is 37.4 Å². The lowest BCUT2D eigenvalue weighted by molar-refractivity contribution is -0.308. The van der Waals surface area contributed by atoms with Gasteiger partial charge in [0, 0.05) is 30.5 Å². The molecule has 40 heavy (non-hydrogen) atoms. The molecule has 2 bridgehead atoms. The summed E-state index contributed by atoms with van der Waals surface area (Å²) >= 11 is 11.8. The second-order valence-corrected chi connectivity index (χ2v) is 11.1. The van der Waals surface area contributed by atoms with Crippen LogP contribution in [0.5, 0.6) is 0 Å². The molecule has 6 unspecified atom stereocenters. The van der Waals surface area contributed by atoms with E-state index in [-0.39, 0.29) is 6.61 Å². The maximum atomic E-state index is 13.8. The minimum absolute atomic E-state index is 0.349. The van der Waals surface area contributed by atoms with Crippen LogP contribution in [0.25, 0.3) is 0 Å². The minimum atomic E-state index is -1.66. The van der Waals surface area contributed by atoms with Crippen molar-refractivity contribution >= 4 is 46.4 Å². The van der Waals surface area contributed by atoms with E-state index in [1.807, 2.05) is 4.90 Å². The molecule has 1 aromatic carbocycles. The molecule has 1 aromatic rings. The molecule has 5 rings (SSSR count). The number of ether oxygens (including phenoxy) is 3. The average molecular weight is 603 g/mol. The standard InChI is InChI=1S/C26H32Cl2N2O10/c27-7-9-29(10-8-28)14-1-3-15(4-2-14)30-22(36)17-18(23(30)37)26(6-5-25(17,12-32)40-26)13-38-24-21(35)20(34)19(33)16(11-31)39-24/h1-6,16-21,24,31-35H,7-13H2/t16?,17?,18?,19-,20-,21?,24+,25?,26?/m0/s1. The van der Waals surface area contributed by atoms with Crippen molar-refractivity contribution in [2.75, 3.05) is 54.5 Å². The van der Waals surface area contributed by atoms with Crippen molar-refractivity contribution in [2.45, 2.75) is 41.9 Å². The van der Waals surface area contributed by atoms with E-state index in [1.165, 1.54) is 0 Å². The summed E-state index contributed by atoms with van der Waals surface area (Å²) in [4.78, 5) is 30.5. The summed E-state index contributed by atoms with van der Waals surface area (Å²) in [5.41, 5.74) is -1.76. The Morgan fingerprint density at radius 3 is 2.08 bits per heavy atom. The zero-order chi connectivity index (χ0) is 28.8. The Kier molecular flexibility index (Phi) is 8.48. The van der Waals surface area contributed by atoms with Crippen molar-refractivity contribution in [3.8, 4) is 0 Å². The Bertz CT molecular complexity index is 1130. The van der Waals surface area contributed by atoms with Crippen LogP contribution in [-0.2, 0) is 23.8 Å². The molecule has 14 heteroatoms. The Morgan fingerprint density at radius 1 is 0.900 bits per heavy atom. The van der Waals surface area contributed by atoms with Gasteiger partial charge in [-0.05, 0) is 24.3 Å². The van der Waals surface area contributed by atoms with Crippen molar-refractivity contribution in [3.63, 3.8) is 0 Å². The number of carbonyl (C=O) groups excluding carboxylic acids is 2. The Balaban J connectivity index is 1.38. The highest BCUT2D eigenvalue weighted by molar-refractivity contribution is 6.23. The number of amides is 2. The fraction of sp³-hybridized carbons (Fsp3) is 0.615. The largest absolute Gasteiger partial charge is 0.394 e. The van der Waals surface area contributed by atoms with E-state index >= 15 is 0 Å². The molecular formula is C26H32Cl2N2O10. The van der Waals surface area contributed by atoms with Gasteiger partial charge in [0.2, 0.25) is 11.8 Å². The summed E-state index contributed by atoms with van der Waals surface area (Å²) in [6.45, 7) is -0.450. The lowest BCUT2D eigenvalue weighted by Crippen LogP contribution is -2.60. The summed E-state index contributed by atoms with van der Waals surface area (Å²) < 4.78 is 17.3. The van der Waals surface area contributed by atoms with E-state index in [1.54, 1.807) is 36.4 Å². The number of aliphatic hydroxyl groups is 5.